The molecule has 0 radical (unpaired) electrons. The van der Waals surface area contributed by atoms with Crippen LogP contribution in [0.25, 0.3) is 0 Å². The van der Waals surface area contributed by atoms with Gasteiger partial charge in [0.15, 0.2) is 0 Å². The largest absolute Gasteiger partial charge is 0.323 e. The maximum absolute atomic E-state index is 11.5. The van der Waals surface area contributed by atoms with Gasteiger partial charge in [-0.15, -0.1) is 12.3 Å². The molecule has 1 rings (SSSR count). The number of nitrogens with two attached hydrogens (primary N) is 1. The Bertz CT molecular complexity index is 525. The Labute approximate surface area is 108 Å². The lowest BCUT2D eigenvalue weighted by atomic mass is 10.2. The summed E-state index contributed by atoms with van der Waals surface area (Å²) in [5, 5.41) is 13.0. The zero-order chi connectivity index (χ0) is 13.7. The molecule has 0 bridgehead atoms. The normalized spacial score (nSPS) is 11.4. The summed E-state index contributed by atoms with van der Waals surface area (Å²) in [5.41, 5.74) is 5.59. The molecule has 0 heterocycles. The number of halogens is 1. The van der Waals surface area contributed by atoms with Crippen molar-refractivity contribution in [3.8, 4) is 12.3 Å². The van der Waals surface area contributed by atoms with Crippen LogP contribution in [0.5, 0.6) is 0 Å². The molecule has 0 spiro atoms. The number of nitrogens with zero attached hydrogens (tertiary/aromatic N) is 1. The van der Waals surface area contributed by atoms with Crippen LogP contribution in [0, 0.1) is 22.5 Å². The predicted molar refractivity (Wildman–Crippen MR) is 68.2 cm³/mol. The lowest BCUT2D eigenvalue weighted by Crippen LogP contribution is -2.35. The Hall–Kier alpha value is -2.10. The van der Waals surface area contributed by atoms with Gasteiger partial charge in [0.1, 0.15) is 0 Å². The molecule has 0 aliphatic rings. The van der Waals surface area contributed by atoms with E-state index in [1.807, 2.05) is 0 Å². The SMILES string of the molecule is C#CCC(N)C(=O)Nc1ccc([N+](=O)[O-])cc1Cl. The fourth-order valence-corrected chi connectivity index (χ4v) is 1.39. The van der Waals surface area contributed by atoms with Crippen molar-refractivity contribution >= 4 is 28.9 Å². The smallest absolute Gasteiger partial charge is 0.271 e. The number of carbonyl (C=O) groups is 1. The Morgan fingerprint density at radius 2 is 2.33 bits per heavy atom. The van der Waals surface area contributed by atoms with Crippen molar-refractivity contribution in [1.82, 2.24) is 0 Å². The fourth-order valence-electron chi connectivity index (χ4n) is 1.16. The number of nitro benzene ring substituents is 1. The van der Waals surface area contributed by atoms with E-state index < -0.39 is 16.9 Å². The van der Waals surface area contributed by atoms with Crippen molar-refractivity contribution < 1.29 is 9.72 Å². The summed E-state index contributed by atoms with van der Waals surface area (Å²) in [6.07, 6.45) is 5.13. The minimum atomic E-state index is -0.846. The zero-order valence-corrected chi connectivity index (χ0v) is 9.98. The average molecular weight is 268 g/mol. The monoisotopic (exact) mass is 267 g/mol. The van der Waals surface area contributed by atoms with E-state index in [1.165, 1.54) is 12.1 Å². The third-order valence-corrected chi connectivity index (χ3v) is 2.41. The first-order valence-corrected chi connectivity index (χ1v) is 5.27. The van der Waals surface area contributed by atoms with E-state index in [0.29, 0.717) is 0 Å². The highest BCUT2D eigenvalue weighted by molar-refractivity contribution is 6.34. The van der Waals surface area contributed by atoms with E-state index in [-0.39, 0.29) is 22.8 Å². The lowest BCUT2D eigenvalue weighted by molar-refractivity contribution is -0.384. The number of benzene rings is 1. The van der Waals surface area contributed by atoms with Crippen LogP contribution in [0.15, 0.2) is 18.2 Å². The Balaban J connectivity index is 2.83. The molecule has 0 fully saturated rings. The van der Waals surface area contributed by atoms with Crippen LogP contribution in [-0.2, 0) is 4.79 Å². The van der Waals surface area contributed by atoms with Crippen molar-refractivity contribution in [2.45, 2.75) is 12.5 Å². The number of rotatable bonds is 4. The van der Waals surface area contributed by atoms with Crippen LogP contribution in [0.3, 0.4) is 0 Å². The van der Waals surface area contributed by atoms with Crippen molar-refractivity contribution in [1.29, 1.82) is 0 Å². The number of amides is 1. The molecule has 1 amide bonds. The molecule has 1 aromatic rings. The summed E-state index contributed by atoms with van der Waals surface area (Å²) < 4.78 is 0. The number of anilines is 1. The molecule has 3 N–H and O–H groups in total. The molecule has 0 aliphatic heterocycles. The van der Waals surface area contributed by atoms with Crippen LogP contribution in [-0.4, -0.2) is 16.9 Å². The summed E-state index contributed by atoms with van der Waals surface area (Å²) in [5.74, 6) is 1.77. The number of nitrogens with one attached hydrogen (secondary N) is 1. The van der Waals surface area contributed by atoms with E-state index in [0.717, 1.165) is 6.07 Å². The van der Waals surface area contributed by atoms with E-state index in [4.69, 9.17) is 23.8 Å². The van der Waals surface area contributed by atoms with E-state index in [2.05, 4.69) is 11.2 Å². The van der Waals surface area contributed by atoms with Crippen LogP contribution in [0.1, 0.15) is 6.42 Å². The number of non-ortho nitro benzene ring substituents is 1. The van der Waals surface area contributed by atoms with Crippen LogP contribution >= 0.6 is 11.6 Å². The van der Waals surface area contributed by atoms with Gasteiger partial charge in [0.2, 0.25) is 5.91 Å². The second-order valence-electron chi connectivity index (χ2n) is 3.43. The molecule has 0 aromatic heterocycles. The van der Waals surface area contributed by atoms with Crippen molar-refractivity contribution in [2.75, 3.05) is 5.32 Å². The second-order valence-corrected chi connectivity index (χ2v) is 3.83. The van der Waals surface area contributed by atoms with Gasteiger partial charge in [0.25, 0.3) is 5.69 Å². The lowest BCUT2D eigenvalue weighted by Gasteiger charge is -2.10. The summed E-state index contributed by atoms with van der Waals surface area (Å²) >= 11 is 5.80. The number of carbonyl (C=O) groups excluding carboxylic acids is 1. The van der Waals surface area contributed by atoms with Gasteiger partial charge in [0.05, 0.1) is 21.7 Å². The highest BCUT2D eigenvalue weighted by Crippen LogP contribution is 2.26. The third-order valence-electron chi connectivity index (χ3n) is 2.10. The molecular formula is C11H10ClN3O3. The van der Waals surface area contributed by atoms with Gasteiger partial charge >= 0.3 is 0 Å². The standard InChI is InChI=1S/C11H10ClN3O3/c1-2-3-9(13)11(16)14-10-5-4-7(15(17)18)6-8(10)12/h1,4-6,9H,3,13H2,(H,14,16). The molecule has 0 saturated carbocycles. The highest BCUT2D eigenvalue weighted by Gasteiger charge is 2.15. The van der Waals surface area contributed by atoms with Crippen molar-refractivity contribution in [3.05, 3.63) is 33.3 Å². The molecule has 94 valence electrons. The van der Waals surface area contributed by atoms with Gasteiger partial charge in [-0.3, -0.25) is 14.9 Å². The number of nitro groups is 1. The molecular weight excluding hydrogens is 258 g/mol. The molecule has 6 nitrogen and oxygen atoms in total. The zero-order valence-electron chi connectivity index (χ0n) is 9.22. The number of terminal acetylenes is 1. The number of hydrogen-bond donors (Lipinski definition) is 2. The van der Waals surface area contributed by atoms with Gasteiger partial charge in [-0.1, -0.05) is 11.6 Å². The summed E-state index contributed by atoms with van der Waals surface area (Å²) in [4.78, 5) is 21.5. The van der Waals surface area contributed by atoms with Crippen LogP contribution < -0.4 is 11.1 Å². The van der Waals surface area contributed by atoms with Gasteiger partial charge < -0.3 is 11.1 Å². The molecule has 1 aromatic carbocycles. The summed E-state index contributed by atoms with van der Waals surface area (Å²) in [7, 11) is 0. The van der Waals surface area contributed by atoms with Crippen LogP contribution in [0.2, 0.25) is 5.02 Å². The Kier molecular flexibility index (Phi) is 4.66. The van der Waals surface area contributed by atoms with Crippen LogP contribution in [0.4, 0.5) is 11.4 Å². The predicted octanol–water partition coefficient (Wildman–Crippen LogP) is 1.54. The molecule has 0 aliphatic carbocycles. The summed E-state index contributed by atoms with van der Waals surface area (Å²) in [6, 6.07) is 2.86. The first-order valence-electron chi connectivity index (χ1n) is 4.89. The van der Waals surface area contributed by atoms with Gasteiger partial charge in [-0.2, -0.15) is 0 Å². The molecule has 1 unspecified atom stereocenters. The van der Waals surface area contributed by atoms with E-state index >= 15 is 0 Å². The molecule has 0 saturated heterocycles. The summed E-state index contributed by atoms with van der Waals surface area (Å²) in [6.45, 7) is 0. The average Bonchev–Trinajstić information content (AvgIpc) is 2.31. The van der Waals surface area contributed by atoms with Gasteiger partial charge in [0, 0.05) is 18.6 Å². The molecule has 1 atom stereocenters. The Morgan fingerprint density at radius 3 is 2.83 bits per heavy atom. The van der Waals surface area contributed by atoms with Crippen molar-refractivity contribution in [2.24, 2.45) is 5.73 Å². The van der Waals surface area contributed by atoms with Gasteiger partial charge in [-0.25, -0.2) is 0 Å². The Morgan fingerprint density at radius 1 is 1.67 bits per heavy atom. The number of hydrogen-bond acceptors (Lipinski definition) is 4. The minimum Gasteiger partial charge on any atom is -0.323 e. The van der Waals surface area contributed by atoms with E-state index in [9.17, 15) is 14.9 Å². The second kappa shape index (κ2) is 6.00. The quantitative estimate of drug-likeness (QED) is 0.491. The first-order chi connectivity index (χ1) is 8.45. The maximum atomic E-state index is 11.5. The van der Waals surface area contributed by atoms with E-state index in [1.54, 1.807) is 0 Å². The highest BCUT2D eigenvalue weighted by atomic mass is 35.5. The minimum absolute atomic E-state index is 0.0606. The first kappa shape index (κ1) is 14.0. The third kappa shape index (κ3) is 3.45. The fraction of sp³-hybridized carbons (Fsp3) is 0.182. The topological polar surface area (TPSA) is 98.3 Å². The van der Waals surface area contributed by atoms with Gasteiger partial charge in [-0.05, 0) is 6.07 Å². The molecule has 18 heavy (non-hydrogen) atoms. The van der Waals surface area contributed by atoms with Crippen molar-refractivity contribution in [3.63, 3.8) is 0 Å². The molecule has 7 heteroatoms. The maximum Gasteiger partial charge on any atom is 0.271 e.